The molecule has 0 radical (unpaired) electrons. The first-order chi connectivity index (χ1) is 9.24. The van der Waals surface area contributed by atoms with Crippen LogP contribution >= 0.6 is 0 Å². The van der Waals surface area contributed by atoms with Gasteiger partial charge in [0, 0.05) is 39.3 Å². The highest BCUT2D eigenvalue weighted by Gasteiger charge is 2.19. The zero-order valence-electron chi connectivity index (χ0n) is 11.6. The summed E-state index contributed by atoms with van der Waals surface area (Å²) < 4.78 is 5.42. The van der Waals surface area contributed by atoms with E-state index in [0.717, 1.165) is 44.0 Å². The Morgan fingerprint density at radius 3 is 2.58 bits per heavy atom. The second-order valence-electron chi connectivity index (χ2n) is 4.89. The van der Waals surface area contributed by atoms with Gasteiger partial charge in [-0.1, -0.05) is 18.7 Å². The Hall–Kier alpha value is -1.52. The summed E-state index contributed by atoms with van der Waals surface area (Å²) in [6, 6.07) is 8.19. The van der Waals surface area contributed by atoms with Crippen molar-refractivity contribution in [1.29, 1.82) is 0 Å². The van der Waals surface area contributed by atoms with E-state index >= 15 is 0 Å². The van der Waals surface area contributed by atoms with Gasteiger partial charge in [0.2, 0.25) is 0 Å². The number of hydrogen-bond acceptors (Lipinski definition) is 4. The van der Waals surface area contributed by atoms with Gasteiger partial charge in [-0.05, 0) is 17.7 Å². The Morgan fingerprint density at radius 2 is 1.95 bits per heavy atom. The number of hydrogen-bond donors (Lipinski definition) is 1. The third kappa shape index (κ3) is 3.49. The van der Waals surface area contributed by atoms with Crippen molar-refractivity contribution < 1.29 is 4.74 Å². The summed E-state index contributed by atoms with van der Waals surface area (Å²) in [5, 5.41) is 0. The molecule has 104 valence electrons. The molecule has 1 aliphatic heterocycles. The largest absolute Gasteiger partial charge is 0.495 e. The molecule has 0 spiro atoms. The smallest absolute Gasteiger partial charge is 0.142 e. The Kier molecular flexibility index (Phi) is 4.82. The number of methoxy groups -OCH3 is 1. The van der Waals surface area contributed by atoms with Gasteiger partial charge in [0.1, 0.15) is 5.75 Å². The number of para-hydroxylation sites is 2. The van der Waals surface area contributed by atoms with Crippen LogP contribution in [0.2, 0.25) is 0 Å². The molecule has 0 unspecified atom stereocenters. The minimum Gasteiger partial charge on any atom is -0.495 e. The lowest BCUT2D eigenvalue weighted by Gasteiger charge is -2.36. The van der Waals surface area contributed by atoms with Crippen LogP contribution in [0.1, 0.15) is 0 Å². The maximum absolute atomic E-state index is 5.59. The van der Waals surface area contributed by atoms with Gasteiger partial charge in [-0.2, -0.15) is 0 Å². The van der Waals surface area contributed by atoms with Crippen molar-refractivity contribution in [2.75, 3.05) is 51.3 Å². The number of piperazine rings is 1. The van der Waals surface area contributed by atoms with E-state index in [4.69, 9.17) is 10.5 Å². The van der Waals surface area contributed by atoms with E-state index in [9.17, 15) is 0 Å². The third-order valence-corrected chi connectivity index (χ3v) is 3.53. The van der Waals surface area contributed by atoms with Crippen molar-refractivity contribution in [2.45, 2.75) is 0 Å². The number of nitrogens with zero attached hydrogens (tertiary/aromatic N) is 2. The summed E-state index contributed by atoms with van der Waals surface area (Å²) in [6.07, 6.45) is 0. The molecule has 1 aromatic carbocycles. The molecule has 0 aliphatic carbocycles. The van der Waals surface area contributed by atoms with Crippen LogP contribution < -0.4 is 15.4 Å². The van der Waals surface area contributed by atoms with E-state index in [2.05, 4.69) is 28.5 Å². The fraction of sp³-hybridized carbons (Fsp3) is 0.467. The molecule has 1 heterocycles. The molecule has 0 saturated carbocycles. The highest BCUT2D eigenvalue weighted by atomic mass is 16.5. The molecule has 4 heteroatoms. The van der Waals surface area contributed by atoms with E-state index in [0.29, 0.717) is 6.54 Å². The lowest BCUT2D eigenvalue weighted by molar-refractivity contribution is 0.276. The van der Waals surface area contributed by atoms with Gasteiger partial charge in [0.05, 0.1) is 12.8 Å². The molecule has 0 amide bonds. The molecular weight excluding hydrogens is 238 g/mol. The van der Waals surface area contributed by atoms with Crippen LogP contribution in [0.25, 0.3) is 0 Å². The van der Waals surface area contributed by atoms with Gasteiger partial charge in [-0.15, -0.1) is 0 Å². The van der Waals surface area contributed by atoms with Gasteiger partial charge in [-0.3, -0.25) is 4.90 Å². The van der Waals surface area contributed by atoms with Crippen molar-refractivity contribution >= 4 is 5.69 Å². The molecule has 1 aromatic rings. The third-order valence-electron chi connectivity index (χ3n) is 3.53. The molecular formula is C15H23N3O. The van der Waals surface area contributed by atoms with Crippen LogP contribution in [-0.4, -0.2) is 51.3 Å². The fourth-order valence-electron chi connectivity index (χ4n) is 2.42. The molecule has 2 N–H and O–H groups in total. The van der Waals surface area contributed by atoms with Crippen LogP contribution in [0.4, 0.5) is 5.69 Å². The van der Waals surface area contributed by atoms with Crippen LogP contribution in [0.3, 0.4) is 0 Å². The quantitative estimate of drug-likeness (QED) is 0.812. The van der Waals surface area contributed by atoms with E-state index in [-0.39, 0.29) is 0 Å². The molecule has 1 saturated heterocycles. The Morgan fingerprint density at radius 1 is 1.26 bits per heavy atom. The Balaban J connectivity index is 1.94. The second kappa shape index (κ2) is 6.59. The lowest BCUT2D eigenvalue weighted by Crippen LogP contribution is -2.47. The number of ether oxygens (including phenoxy) is 1. The highest BCUT2D eigenvalue weighted by Crippen LogP contribution is 2.28. The summed E-state index contributed by atoms with van der Waals surface area (Å²) in [6.45, 7) is 9.56. The normalized spacial score (nSPS) is 16.4. The monoisotopic (exact) mass is 261 g/mol. The first-order valence-electron chi connectivity index (χ1n) is 6.71. The summed E-state index contributed by atoms with van der Waals surface area (Å²) in [7, 11) is 1.72. The van der Waals surface area contributed by atoms with E-state index in [1.165, 1.54) is 5.69 Å². The zero-order chi connectivity index (χ0) is 13.7. The molecule has 4 nitrogen and oxygen atoms in total. The van der Waals surface area contributed by atoms with Crippen LogP contribution in [0.5, 0.6) is 5.75 Å². The van der Waals surface area contributed by atoms with Gasteiger partial charge in [-0.25, -0.2) is 0 Å². The van der Waals surface area contributed by atoms with Crippen molar-refractivity contribution in [3.8, 4) is 5.75 Å². The van der Waals surface area contributed by atoms with E-state index < -0.39 is 0 Å². The predicted molar refractivity (Wildman–Crippen MR) is 79.8 cm³/mol. The van der Waals surface area contributed by atoms with Crippen molar-refractivity contribution in [1.82, 2.24) is 4.90 Å². The minimum atomic E-state index is 0.576. The van der Waals surface area contributed by atoms with Crippen molar-refractivity contribution in [3.63, 3.8) is 0 Å². The minimum absolute atomic E-state index is 0.576. The molecule has 1 fully saturated rings. The predicted octanol–water partition coefficient (Wildman–Crippen LogP) is 1.33. The second-order valence-corrected chi connectivity index (χ2v) is 4.89. The number of benzene rings is 1. The maximum Gasteiger partial charge on any atom is 0.142 e. The van der Waals surface area contributed by atoms with Crippen LogP contribution in [-0.2, 0) is 0 Å². The van der Waals surface area contributed by atoms with Gasteiger partial charge in [0.25, 0.3) is 0 Å². The molecule has 0 atom stereocenters. The lowest BCUT2D eigenvalue weighted by atomic mass is 10.2. The van der Waals surface area contributed by atoms with Crippen LogP contribution in [0, 0.1) is 0 Å². The number of nitrogens with two attached hydrogens (primary N) is 1. The Labute approximate surface area is 115 Å². The SMILES string of the molecule is C=C(CN)CN1CCN(c2ccccc2OC)CC1. The molecule has 0 aromatic heterocycles. The van der Waals surface area contributed by atoms with Crippen molar-refractivity contribution in [3.05, 3.63) is 36.4 Å². The molecule has 19 heavy (non-hydrogen) atoms. The van der Waals surface area contributed by atoms with Gasteiger partial charge in [0.15, 0.2) is 0 Å². The first-order valence-corrected chi connectivity index (χ1v) is 6.71. The standard InChI is InChI=1S/C15H23N3O/c1-13(11-16)12-17-7-9-18(10-8-17)14-5-3-4-6-15(14)19-2/h3-6H,1,7-12,16H2,2H3. The summed E-state index contributed by atoms with van der Waals surface area (Å²) in [4.78, 5) is 4.78. The highest BCUT2D eigenvalue weighted by molar-refractivity contribution is 5.58. The molecule has 2 rings (SSSR count). The number of rotatable bonds is 5. The zero-order valence-corrected chi connectivity index (χ0v) is 11.6. The van der Waals surface area contributed by atoms with Gasteiger partial charge >= 0.3 is 0 Å². The number of anilines is 1. The molecule has 1 aliphatic rings. The van der Waals surface area contributed by atoms with E-state index in [1.807, 2.05) is 12.1 Å². The summed E-state index contributed by atoms with van der Waals surface area (Å²) in [5.41, 5.74) is 7.88. The Bertz CT molecular complexity index is 425. The van der Waals surface area contributed by atoms with Crippen LogP contribution in [0.15, 0.2) is 36.4 Å². The summed E-state index contributed by atoms with van der Waals surface area (Å²) in [5.74, 6) is 0.947. The fourth-order valence-corrected chi connectivity index (χ4v) is 2.42. The van der Waals surface area contributed by atoms with Gasteiger partial charge < -0.3 is 15.4 Å². The maximum atomic E-state index is 5.59. The van der Waals surface area contributed by atoms with Crippen molar-refractivity contribution in [2.24, 2.45) is 5.73 Å². The molecule has 0 bridgehead atoms. The topological polar surface area (TPSA) is 41.7 Å². The summed E-state index contributed by atoms with van der Waals surface area (Å²) >= 11 is 0. The average Bonchev–Trinajstić information content (AvgIpc) is 2.48. The average molecular weight is 261 g/mol. The first kappa shape index (κ1) is 13.9. The van der Waals surface area contributed by atoms with E-state index in [1.54, 1.807) is 7.11 Å².